The molecule has 94 valence electrons. The molecule has 2 heterocycles. The van der Waals surface area contributed by atoms with Gasteiger partial charge in [0.05, 0.1) is 14.8 Å². The van der Waals surface area contributed by atoms with Gasteiger partial charge in [-0.2, -0.15) is 0 Å². The summed E-state index contributed by atoms with van der Waals surface area (Å²) < 4.78 is 0.891. The third-order valence-corrected chi connectivity index (χ3v) is 4.20. The zero-order valence-electron chi connectivity index (χ0n) is 10.3. The Balaban J connectivity index is 2.19. The second kappa shape index (κ2) is 4.73. The van der Waals surface area contributed by atoms with E-state index < -0.39 is 0 Å². The van der Waals surface area contributed by atoms with Gasteiger partial charge in [0.2, 0.25) is 0 Å². The van der Waals surface area contributed by atoms with Crippen molar-refractivity contribution in [3.8, 4) is 11.5 Å². The third-order valence-electron chi connectivity index (χ3n) is 2.87. The zero-order valence-corrected chi connectivity index (χ0v) is 12.4. The van der Waals surface area contributed by atoms with E-state index in [2.05, 4.69) is 37.5 Å². The van der Waals surface area contributed by atoms with Crippen LogP contribution in [-0.4, -0.2) is 15.0 Å². The maximum atomic E-state index is 5.89. The Morgan fingerprint density at radius 1 is 1.00 bits per heavy atom. The molecule has 0 fully saturated rings. The first-order valence-corrected chi connectivity index (χ1v) is 6.89. The number of halogens is 1. The highest BCUT2D eigenvalue weighted by atomic mass is 127. The Morgan fingerprint density at radius 2 is 1.79 bits per heavy atom. The van der Waals surface area contributed by atoms with Gasteiger partial charge in [-0.05, 0) is 41.6 Å². The molecule has 0 amide bonds. The quantitative estimate of drug-likeness (QED) is 0.676. The summed E-state index contributed by atoms with van der Waals surface area (Å²) in [5, 5.41) is 1.10. The van der Waals surface area contributed by atoms with Gasteiger partial charge >= 0.3 is 0 Å². The first kappa shape index (κ1) is 12.3. The number of rotatable bonds is 1. The molecular weight excluding hydrogens is 351 g/mol. The summed E-state index contributed by atoms with van der Waals surface area (Å²) in [4.78, 5) is 13.3. The third kappa shape index (κ3) is 2.25. The number of nitrogens with two attached hydrogens (primary N) is 1. The van der Waals surface area contributed by atoms with Crippen molar-refractivity contribution in [2.24, 2.45) is 0 Å². The summed E-state index contributed by atoms with van der Waals surface area (Å²) in [5.41, 5.74) is 8.43. The van der Waals surface area contributed by atoms with Crippen molar-refractivity contribution >= 4 is 39.3 Å². The second-order valence-electron chi connectivity index (χ2n) is 4.22. The van der Waals surface area contributed by atoms with Gasteiger partial charge in [-0.3, -0.25) is 0 Å². The number of anilines is 1. The molecule has 0 unspecified atom stereocenters. The molecule has 0 spiro atoms. The molecule has 5 heteroatoms. The van der Waals surface area contributed by atoms with Gasteiger partial charge in [0, 0.05) is 5.39 Å². The molecule has 1 aromatic carbocycles. The lowest BCUT2D eigenvalue weighted by molar-refractivity contribution is 1.09. The Kier molecular flexibility index (Phi) is 3.06. The summed E-state index contributed by atoms with van der Waals surface area (Å²) in [7, 11) is 0. The van der Waals surface area contributed by atoms with Crippen LogP contribution in [0.2, 0.25) is 0 Å². The molecule has 2 aromatic heterocycles. The topological polar surface area (TPSA) is 64.7 Å². The number of para-hydroxylation sites is 1. The molecule has 4 nitrogen and oxygen atoms in total. The number of hydrogen-bond donors (Lipinski definition) is 1. The number of aryl methyl sites for hydroxylation is 1. The standard InChI is InChI=1S/C14H11IN4/c1-8-12(15)13(16)19-14(17-8)11-7-6-9-4-2-3-5-10(9)18-11/h2-7H,1H3,(H2,16,17,19). The molecular formula is C14H11IN4. The van der Waals surface area contributed by atoms with E-state index in [1.54, 1.807) is 0 Å². The van der Waals surface area contributed by atoms with Crippen LogP contribution < -0.4 is 5.73 Å². The average molecular weight is 362 g/mol. The Hall–Kier alpha value is -1.76. The van der Waals surface area contributed by atoms with Crippen LogP contribution in [0.15, 0.2) is 36.4 Å². The van der Waals surface area contributed by atoms with Crippen LogP contribution in [0.3, 0.4) is 0 Å². The molecule has 0 aliphatic carbocycles. The molecule has 0 bridgehead atoms. The largest absolute Gasteiger partial charge is 0.383 e. The van der Waals surface area contributed by atoms with E-state index in [-0.39, 0.29) is 0 Å². The monoisotopic (exact) mass is 362 g/mol. The van der Waals surface area contributed by atoms with Crippen molar-refractivity contribution in [1.82, 2.24) is 15.0 Å². The molecule has 2 N–H and O–H groups in total. The first-order valence-electron chi connectivity index (χ1n) is 5.81. The fourth-order valence-corrected chi connectivity index (χ4v) is 2.13. The van der Waals surface area contributed by atoms with E-state index in [4.69, 9.17) is 5.73 Å². The summed E-state index contributed by atoms with van der Waals surface area (Å²) in [5.74, 6) is 1.07. The minimum atomic E-state index is 0.498. The van der Waals surface area contributed by atoms with Crippen LogP contribution in [0.1, 0.15) is 5.69 Å². The molecule has 3 rings (SSSR count). The van der Waals surface area contributed by atoms with Gasteiger partial charge < -0.3 is 5.73 Å². The lowest BCUT2D eigenvalue weighted by Crippen LogP contribution is -2.03. The zero-order chi connectivity index (χ0) is 13.4. The van der Waals surface area contributed by atoms with Gasteiger partial charge in [0.25, 0.3) is 0 Å². The number of nitrogens with zero attached hydrogens (tertiary/aromatic N) is 3. The molecule has 19 heavy (non-hydrogen) atoms. The fraction of sp³-hybridized carbons (Fsp3) is 0.0714. The second-order valence-corrected chi connectivity index (χ2v) is 5.30. The maximum Gasteiger partial charge on any atom is 0.180 e. The van der Waals surface area contributed by atoms with Crippen molar-refractivity contribution in [2.45, 2.75) is 6.92 Å². The van der Waals surface area contributed by atoms with Crippen molar-refractivity contribution in [3.05, 3.63) is 45.7 Å². The van der Waals surface area contributed by atoms with Crippen LogP contribution in [0.5, 0.6) is 0 Å². The number of benzene rings is 1. The minimum Gasteiger partial charge on any atom is -0.383 e. The predicted molar refractivity (Wildman–Crippen MR) is 84.6 cm³/mol. The Morgan fingerprint density at radius 3 is 2.58 bits per heavy atom. The Bertz CT molecular complexity index is 747. The van der Waals surface area contributed by atoms with Gasteiger partial charge in [-0.15, -0.1) is 0 Å². The van der Waals surface area contributed by atoms with Gasteiger partial charge in [0.1, 0.15) is 11.5 Å². The van der Waals surface area contributed by atoms with Crippen LogP contribution in [-0.2, 0) is 0 Å². The maximum absolute atomic E-state index is 5.89. The molecule has 0 atom stereocenters. The lowest BCUT2D eigenvalue weighted by Gasteiger charge is -2.06. The summed E-state index contributed by atoms with van der Waals surface area (Å²) >= 11 is 2.15. The molecule has 0 saturated heterocycles. The van der Waals surface area contributed by atoms with Crippen molar-refractivity contribution in [1.29, 1.82) is 0 Å². The van der Waals surface area contributed by atoms with E-state index in [0.717, 1.165) is 25.9 Å². The van der Waals surface area contributed by atoms with Crippen molar-refractivity contribution in [2.75, 3.05) is 5.73 Å². The van der Waals surface area contributed by atoms with Crippen molar-refractivity contribution < 1.29 is 0 Å². The fourth-order valence-electron chi connectivity index (χ4n) is 1.89. The number of fused-ring (bicyclic) bond motifs is 1. The lowest BCUT2D eigenvalue weighted by atomic mass is 10.2. The van der Waals surface area contributed by atoms with E-state index in [9.17, 15) is 0 Å². The Labute approximate surface area is 124 Å². The molecule has 0 aliphatic rings. The molecule has 0 radical (unpaired) electrons. The minimum absolute atomic E-state index is 0.498. The highest BCUT2D eigenvalue weighted by Gasteiger charge is 2.09. The summed E-state index contributed by atoms with van der Waals surface area (Å²) in [6.07, 6.45) is 0. The normalized spacial score (nSPS) is 10.8. The van der Waals surface area contributed by atoms with Crippen LogP contribution in [0.25, 0.3) is 22.4 Å². The van der Waals surface area contributed by atoms with Crippen LogP contribution in [0.4, 0.5) is 5.82 Å². The highest BCUT2D eigenvalue weighted by molar-refractivity contribution is 14.1. The SMILES string of the molecule is Cc1nc(-c2ccc3ccccc3n2)nc(N)c1I. The molecule has 3 aromatic rings. The van der Waals surface area contributed by atoms with E-state index in [1.807, 2.05) is 43.3 Å². The van der Waals surface area contributed by atoms with E-state index >= 15 is 0 Å². The number of hydrogen-bond acceptors (Lipinski definition) is 4. The summed E-state index contributed by atoms with van der Waals surface area (Å²) in [6.45, 7) is 1.92. The van der Waals surface area contributed by atoms with Gasteiger partial charge in [0.15, 0.2) is 5.82 Å². The van der Waals surface area contributed by atoms with E-state index in [0.29, 0.717) is 11.6 Å². The smallest absolute Gasteiger partial charge is 0.180 e. The summed E-state index contributed by atoms with van der Waals surface area (Å²) in [6, 6.07) is 11.9. The van der Waals surface area contributed by atoms with Crippen molar-refractivity contribution in [3.63, 3.8) is 0 Å². The van der Waals surface area contributed by atoms with E-state index in [1.165, 1.54) is 0 Å². The molecule has 0 aliphatic heterocycles. The average Bonchev–Trinajstić information content (AvgIpc) is 2.43. The number of pyridine rings is 1. The van der Waals surface area contributed by atoms with Crippen LogP contribution >= 0.6 is 22.6 Å². The molecule has 0 saturated carbocycles. The first-order chi connectivity index (χ1) is 9.15. The number of aromatic nitrogens is 3. The van der Waals surface area contributed by atoms with Gasteiger partial charge in [-0.25, -0.2) is 15.0 Å². The number of nitrogen functional groups attached to an aromatic ring is 1. The van der Waals surface area contributed by atoms with Crippen LogP contribution in [0, 0.1) is 10.5 Å². The highest BCUT2D eigenvalue weighted by Crippen LogP contribution is 2.22. The predicted octanol–water partition coefficient (Wildman–Crippen LogP) is 3.19. The van der Waals surface area contributed by atoms with Gasteiger partial charge in [-0.1, -0.05) is 24.3 Å².